The van der Waals surface area contributed by atoms with Crippen molar-refractivity contribution in [1.82, 2.24) is 34.7 Å². The monoisotopic (exact) mass is 515 g/mol. The molecule has 1 aromatic carbocycles. The van der Waals surface area contributed by atoms with Gasteiger partial charge in [-0.2, -0.15) is 0 Å². The second-order valence-corrected chi connectivity index (χ2v) is 10.3. The molecule has 1 saturated heterocycles. The zero-order valence-electron chi connectivity index (χ0n) is 22.2. The number of benzene rings is 1. The number of imidazole rings is 1. The number of hydrogen-bond acceptors (Lipinski definition) is 9. The first-order chi connectivity index (χ1) is 18.3. The summed E-state index contributed by atoms with van der Waals surface area (Å²) in [4.78, 5) is 37.5. The first-order valence-corrected chi connectivity index (χ1v) is 12.7. The molecule has 3 aromatic heterocycles. The molecule has 1 aliphatic heterocycles. The van der Waals surface area contributed by atoms with E-state index in [2.05, 4.69) is 40.5 Å². The molecule has 1 fully saturated rings. The van der Waals surface area contributed by atoms with E-state index >= 15 is 0 Å². The third-order valence-corrected chi connectivity index (χ3v) is 6.20. The van der Waals surface area contributed by atoms with Gasteiger partial charge in [-0.1, -0.05) is 6.07 Å². The molecule has 0 spiro atoms. The van der Waals surface area contributed by atoms with Gasteiger partial charge >= 0.3 is 6.09 Å². The Kier molecular flexibility index (Phi) is 7.10. The summed E-state index contributed by atoms with van der Waals surface area (Å²) in [7, 11) is 1.83. The zero-order chi connectivity index (χ0) is 26.7. The number of aromatic nitrogens is 5. The number of anilines is 3. The molecule has 1 amide bonds. The molecule has 3 N–H and O–H groups in total. The fraction of sp³-hybridized carbons (Fsp3) is 0.370. The van der Waals surface area contributed by atoms with Gasteiger partial charge in [0.1, 0.15) is 23.6 Å². The molecule has 11 heteroatoms. The van der Waals surface area contributed by atoms with Crippen molar-refractivity contribution in [2.75, 3.05) is 43.9 Å². The average Bonchev–Trinajstić information content (AvgIpc) is 3.30. The number of piperazine rings is 1. The summed E-state index contributed by atoms with van der Waals surface area (Å²) in [6.07, 6.45) is 3.10. The summed E-state index contributed by atoms with van der Waals surface area (Å²) in [6, 6.07) is 11.9. The van der Waals surface area contributed by atoms with Crippen molar-refractivity contribution < 1.29 is 9.53 Å². The number of nitrogens with zero attached hydrogens (tertiary/aromatic N) is 6. The van der Waals surface area contributed by atoms with Crippen LogP contribution in [0, 0.1) is 0 Å². The molecule has 0 atom stereocenters. The molecule has 4 heterocycles. The molecule has 0 bridgehead atoms. The van der Waals surface area contributed by atoms with E-state index in [9.17, 15) is 4.79 Å². The lowest BCUT2D eigenvalue weighted by Gasteiger charge is -2.35. The summed E-state index contributed by atoms with van der Waals surface area (Å²) in [6.45, 7) is 9.32. The van der Waals surface area contributed by atoms with E-state index in [1.807, 2.05) is 64.2 Å². The molecule has 38 heavy (non-hydrogen) atoms. The smallest absolute Gasteiger partial charge is 0.410 e. The lowest BCUT2D eigenvalue weighted by Crippen LogP contribution is -2.49. The maximum atomic E-state index is 12.3. The van der Waals surface area contributed by atoms with Gasteiger partial charge in [0, 0.05) is 57.6 Å². The number of H-pyrrole nitrogens is 1. The third kappa shape index (κ3) is 6.17. The molecule has 0 unspecified atom stereocenters. The maximum Gasteiger partial charge on any atom is 0.410 e. The Balaban J connectivity index is 1.21. The standard InChI is InChI=1S/C27H33N9O2/c1-27(2,3)38-26(37)36-11-9-35(10-12-36)16-18-7-8-29-24(13-18)34-25-32-20-6-5-19(14-22(20)33-25)21-15-23(28-4)31-17-30-21/h5-8,13-15,17H,9-12,16H2,1-4H3,(H,28,30,31)(H2,29,32,33,34). The van der Waals surface area contributed by atoms with Crippen LogP contribution in [0.2, 0.25) is 0 Å². The fourth-order valence-corrected chi connectivity index (χ4v) is 4.32. The Bertz CT molecular complexity index is 1420. The Labute approximate surface area is 221 Å². The zero-order valence-corrected chi connectivity index (χ0v) is 22.2. The molecule has 5 rings (SSSR count). The van der Waals surface area contributed by atoms with E-state index in [4.69, 9.17) is 4.74 Å². The van der Waals surface area contributed by atoms with Crippen LogP contribution in [0.15, 0.2) is 48.9 Å². The molecule has 11 nitrogen and oxygen atoms in total. The number of amides is 1. The van der Waals surface area contributed by atoms with Gasteiger partial charge < -0.3 is 25.3 Å². The van der Waals surface area contributed by atoms with E-state index in [0.717, 1.165) is 53.3 Å². The number of carbonyl (C=O) groups excluding carboxylic acids is 1. The topological polar surface area (TPSA) is 124 Å². The summed E-state index contributed by atoms with van der Waals surface area (Å²) < 4.78 is 5.50. The summed E-state index contributed by atoms with van der Waals surface area (Å²) in [5.74, 6) is 2.09. The van der Waals surface area contributed by atoms with Crippen LogP contribution in [0.25, 0.3) is 22.3 Å². The van der Waals surface area contributed by atoms with Crippen LogP contribution >= 0.6 is 0 Å². The number of fused-ring (bicyclic) bond motifs is 1. The van der Waals surface area contributed by atoms with Crippen LogP contribution in [0.4, 0.5) is 22.4 Å². The van der Waals surface area contributed by atoms with Crippen molar-refractivity contribution >= 4 is 34.7 Å². The quantitative estimate of drug-likeness (QED) is 0.346. The largest absolute Gasteiger partial charge is 0.444 e. The number of pyridine rings is 1. The number of carbonyl (C=O) groups is 1. The molecular weight excluding hydrogens is 482 g/mol. The summed E-state index contributed by atoms with van der Waals surface area (Å²) in [5, 5.41) is 6.33. The maximum absolute atomic E-state index is 12.3. The minimum absolute atomic E-state index is 0.245. The molecule has 0 aliphatic carbocycles. The first-order valence-electron chi connectivity index (χ1n) is 12.7. The van der Waals surface area contributed by atoms with E-state index < -0.39 is 5.60 Å². The van der Waals surface area contributed by atoms with Crippen molar-refractivity contribution in [3.05, 3.63) is 54.5 Å². The van der Waals surface area contributed by atoms with Crippen molar-refractivity contribution in [2.24, 2.45) is 0 Å². The third-order valence-electron chi connectivity index (χ3n) is 6.20. The summed E-state index contributed by atoms with van der Waals surface area (Å²) >= 11 is 0. The number of aromatic amines is 1. The van der Waals surface area contributed by atoms with Crippen molar-refractivity contribution in [3.8, 4) is 11.3 Å². The van der Waals surface area contributed by atoms with Gasteiger partial charge in [0.2, 0.25) is 5.95 Å². The highest BCUT2D eigenvalue weighted by Crippen LogP contribution is 2.25. The second-order valence-electron chi connectivity index (χ2n) is 10.3. The number of hydrogen-bond donors (Lipinski definition) is 3. The van der Waals surface area contributed by atoms with E-state index in [-0.39, 0.29) is 6.09 Å². The van der Waals surface area contributed by atoms with Crippen molar-refractivity contribution in [2.45, 2.75) is 32.9 Å². The van der Waals surface area contributed by atoms with Gasteiger partial charge in [-0.3, -0.25) is 4.90 Å². The highest BCUT2D eigenvalue weighted by molar-refractivity contribution is 5.83. The highest BCUT2D eigenvalue weighted by Gasteiger charge is 2.25. The Morgan fingerprint density at radius 2 is 1.84 bits per heavy atom. The van der Waals surface area contributed by atoms with Crippen LogP contribution < -0.4 is 10.6 Å². The normalized spacial score (nSPS) is 14.5. The van der Waals surface area contributed by atoms with Crippen LogP contribution in [-0.4, -0.2) is 79.6 Å². The predicted octanol–water partition coefficient (Wildman–Crippen LogP) is 4.25. The van der Waals surface area contributed by atoms with Crippen LogP contribution in [0.5, 0.6) is 0 Å². The van der Waals surface area contributed by atoms with Gasteiger partial charge in [-0.05, 0) is 50.6 Å². The molecule has 1 aliphatic rings. The van der Waals surface area contributed by atoms with E-state index in [0.29, 0.717) is 24.9 Å². The van der Waals surface area contributed by atoms with Gasteiger partial charge in [-0.15, -0.1) is 0 Å². The van der Waals surface area contributed by atoms with Crippen LogP contribution in [0.3, 0.4) is 0 Å². The van der Waals surface area contributed by atoms with E-state index in [1.165, 1.54) is 0 Å². The first kappa shape index (κ1) is 25.4. The SMILES string of the molecule is CNc1cc(-c2ccc3nc(Nc4cc(CN5CCN(C(=O)OC(C)(C)C)CC5)ccn4)[nH]c3c2)ncn1. The van der Waals surface area contributed by atoms with Gasteiger partial charge in [0.25, 0.3) is 0 Å². The molecular formula is C27H33N9O2. The van der Waals surface area contributed by atoms with Crippen molar-refractivity contribution in [1.29, 1.82) is 0 Å². The molecule has 198 valence electrons. The van der Waals surface area contributed by atoms with E-state index in [1.54, 1.807) is 17.4 Å². The lowest BCUT2D eigenvalue weighted by atomic mass is 10.1. The van der Waals surface area contributed by atoms with Gasteiger partial charge in [0.05, 0.1) is 16.7 Å². The Morgan fingerprint density at radius 1 is 1.03 bits per heavy atom. The number of ether oxygens (including phenoxy) is 1. The molecule has 0 saturated carbocycles. The average molecular weight is 516 g/mol. The number of nitrogens with one attached hydrogen (secondary N) is 3. The fourth-order valence-electron chi connectivity index (χ4n) is 4.32. The van der Waals surface area contributed by atoms with Gasteiger partial charge in [-0.25, -0.2) is 24.7 Å². The molecule has 4 aromatic rings. The van der Waals surface area contributed by atoms with Crippen molar-refractivity contribution in [3.63, 3.8) is 0 Å². The lowest BCUT2D eigenvalue weighted by molar-refractivity contribution is 0.0139. The summed E-state index contributed by atoms with van der Waals surface area (Å²) in [5.41, 5.74) is 4.20. The Morgan fingerprint density at radius 3 is 2.61 bits per heavy atom. The minimum atomic E-state index is -0.482. The second kappa shape index (κ2) is 10.6. The molecule has 0 radical (unpaired) electrons. The van der Waals surface area contributed by atoms with Crippen LogP contribution in [0.1, 0.15) is 26.3 Å². The highest BCUT2D eigenvalue weighted by atomic mass is 16.6. The predicted molar refractivity (Wildman–Crippen MR) is 147 cm³/mol. The van der Waals surface area contributed by atoms with Crippen LogP contribution in [-0.2, 0) is 11.3 Å². The number of rotatable bonds is 6. The minimum Gasteiger partial charge on any atom is -0.444 e. The van der Waals surface area contributed by atoms with Gasteiger partial charge in [0.15, 0.2) is 0 Å². The Hall–Kier alpha value is -4.25.